The molecule has 21 heteroatoms. The zero-order valence-electron chi connectivity index (χ0n) is 20.9. The lowest BCUT2D eigenvalue weighted by Crippen LogP contribution is -2.16. The molecule has 1 amide bonds. The van der Waals surface area contributed by atoms with Crippen molar-refractivity contribution in [1.82, 2.24) is 0 Å². The molecule has 2 aromatic carbocycles. The number of halogens is 1. The van der Waals surface area contributed by atoms with Crippen molar-refractivity contribution >= 4 is 80.4 Å². The summed E-state index contributed by atoms with van der Waals surface area (Å²) in [5.41, 5.74) is 4.94. The number of sulfone groups is 2. The average molecular weight is 677 g/mol. The summed E-state index contributed by atoms with van der Waals surface area (Å²) in [5, 5.41) is 10.1. The highest BCUT2D eigenvalue weighted by Crippen LogP contribution is 2.34. The fourth-order valence-corrected chi connectivity index (χ4v) is 6.91. The molecule has 16 nitrogen and oxygen atoms in total. The largest absolute Gasteiger partial charge is 0.398 e. The Bertz CT molecular complexity index is 1730. The van der Waals surface area contributed by atoms with Gasteiger partial charge in [0.25, 0.3) is 10.1 Å². The van der Waals surface area contributed by atoms with Gasteiger partial charge >= 0.3 is 10.4 Å². The van der Waals surface area contributed by atoms with Crippen LogP contribution >= 0.6 is 11.6 Å². The lowest BCUT2D eigenvalue weighted by atomic mass is 10.2. The van der Waals surface area contributed by atoms with Crippen LogP contribution in [-0.2, 0) is 49.2 Å². The van der Waals surface area contributed by atoms with E-state index in [9.17, 15) is 43.0 Å². The molecular formula is C20H25ClN4O12S4. The van der Waals surface area contributed by atoms with Gasteiger partial charge in [-0.25, -0.2) is 21.0 Å². The second-order valence-electron chi connectivity index (χ2n) is 8.14. The maximum atomic E-state index is 12.4. The monoisotopic (exact) mass is 676 g/mol. The first-order chi connectivity index (χ1) is 18.8. The third-order valence-electron chi connectivity index (χ3n) is 4.98. The van der Waals surface area contributed by atoms with Crippen molar-refractivity contribution in [1.29, 1.82) is 0 Å². The number of anilines is 2. The first-order valence-electron chi connectivity index (χ1n) is 11.2. The molecule has 228 valence electrons. The summed E-state index contributed by atoms with van der Waals surface area (Å²) < 4.78 is 115. The molecule has 0 unspecified atom stereocenters. The van der Waals surface area contributed by atoms with Crippen LogP contribution in [0.4, 0.5) is 22.7 Å². The number of nitrogens with zero attached hydrogens (tertiary/aromatic N) is 2. The van der Waals surface area contributed by atoms with Crippen molar-refractivity contribution in [2.75, 3.05) is 40.8 Å². The van der Waals surface area contributed by atoms with Crippen LogP contribution in [0, 0.1) is 0 Å². The fraction of sp³-hybridized carbons (Fsp3) is 0.350. The molecule has 0 spiro atoms. The van der Waals surface area contributed by atoms with Gasteiger partial charge in [0, 0.05) is 12.3 Å². The van der Waals surface area contributed by atoms with Crippen molar-refractivity contribution in [3.8, 4) is 0 Å². The van der Waals surface area contributed by atoms with Crippen molar-refractivity contribution in [3.05, 3.63) is 36.4 Å². The van der Waals surface area contributed by atoms with E-state index in [0.29, 0.717) is 0 Å². The number of nitrogens with one attached hydrogen (secondary N) is 1. The molecule has 0 saturated heterocycles. The van der Waals surface area contributed by atoms with Gasteiger partial charge in [0.1, 0.15) is 10.6 Å². The predicted octanol–water partition coefficient (Wildman–Crippen LogP) is 1.90. The lowest BCUT2D eigenvalue weighted by Gasteiger charge is -2.11. The minimum Gasteiger partial charge on any atom is -0.398 e. The van der Waals surface area contributed by atoms with Gasteiger partial charge in [-0.15, -0.1) is 16.7 Å². The van der Waals surface area contributed by atoms with Crippen LogP contribution in [-0.4, -0.2) is 78.4 Å². The van der Waals surface area contributed by atoms with E-state index >= 15 is 0 Å². The summed E-state index contributed by atoms with van der Waals surface area (Å²) in [7, 11) is -17.1. The highest BCUT2D eigenvalue weighted by atomic mass is 35.5. The number of nitrogen functional groups attached to an aromatic ring is 1. The van der Waals surface area contributed by atoms with Gasteiger partial charge in [-0.05, 0) is 42.8 Å². The molecular weight excluding hydrogens is 652 g/mol. The third-order valence-corrected chi connectivity index (χ3v) is 10.2. The predicted molar refractivity (Wildman–Crippen MR) is 148 cm³/mol. The fourth-order valence-electron chi connectivity index (χ4n) is 3.08. The lowest BCUT2D eigenvalue weighted by molar-refractivity contribution is -0.116. The first-order valence-corrected chi connectivity index (χ1v) is 18.0. The Hall–Kier alpha value is -2.72. The third kappa shape index (κ3) is 11.6. The van der Waals surface area contributed by atoms with E-state index in [2.05, 4.69) is 19.7 Å². The molecule has 0 aromatic heterocycles. The number of hydrogen-bond acceptors (Lipinski definition) is 13. The Morgan fingerprint density at radius 3 is 2.12 bits per heavy atom. The van der Waals surface area contributed by atoms with E-state index in [4.69, 9.17) is 21.9 Å². The number of hydrogen-bond donors (Lipinski definition) is 4. The topological polar surface area (TPSA) is 266 Å². The maximum absolute atomic E-state index is 12.4. The number of nitrogens with two attached hydrogens (primary N) is 1. The summed E-state index contributed by atoms with van der Waals surface area (Å²) in [6.45, 7) is -0.826. The second-order valence-corrected chi connectivity index (χ2v) is 15.4. The highest BCUT2D eigenvalue weighted by Gasteiger charge is 2.20. The number of alkyl halides is 1. The molecule has 0 heterocycles. The normalized spacial score (nSPS) is 13.0. The van der Waals surface area contributed by atoms with Gasteiger partial charge in [0.05, 0.1) is 45.8 Å². The summed E-state index contributed by atoms with van der Waals surface area (Å²) in [6.07, 6.45) is -0.263. The van der Waals surface area contributed by atoms with Gasteiger partial charge in [-0.1, -0.05) is 0 Å². The van der Waals surface area contributed by atoms with Gasteiger partial charge in [-0.3, -0.25) is 13.9 Å². The van der Waals surface area contributed by atoms with E-state index < -0.39 is 69.0 Å². The molecule has 0 aliphatic heterocycles. The maximum Gasteiger partial charge on any atom is 0.397 e. The number of azo groups is 1. The van der Waals surface area contributed by atoms with Crippen LogP contribution in [0.3, 0.4) is 0 Å². The standard InChI is InChI=1S/C20H25ClN4O12S4/c21-7-10-38(27,28)9-1-2-20(26)23-17-12-16(22)19(40(31,32)33)13-18(17)25-24-14-3-5-15(6-4-14)39(29,30)11-8-37-41(34,35)36/h3-6,12-13H,1-2,7-11,22H2,(H,23,26)(H,31,32,33)(H,34,35,36). The van der Waals surface area contributed by atoms with E-state index in [1.165, 1.54) is 12.1 Å². The van der Waals surface area contributed by atoms with Crippen molar-refractivity contribution in [2.45, 2.75) is 22.6 Å². The number of carbonyl (C=O) groups excluding carboxylic acids is 1. The molecule has 0 aliphatic rings. The minimum absolute atomic E-state index is 0.0301. The smallest absolute Gasteiger partial charge is 0.397 e. The van der Waals surface area contributed by atoms with Gasteiger partial charge in [-0.2, -0.15) is 21.9 Å². The van der Waals surface area contributed by atoms with Crippen molar-refractivity contribution in [2.24, 2.45) is 10.2 Å². The number of carbonyl (C=O) groups is 1. The molecule has 0 fully saturated rings. The second kappa shape index (κ2) is 14.0. The van der Waals surface area contributed by atoms with Crippen LogP contribution in [0.15, 0.2) is 56.4 Å². The summed E-state index contributed by atoms with van der Waals surface area (Å²) >= 11 is 5.44. The Balaban J connectivity index is 2.27. The zero-order valence-corrected chi connectivity index (χ0v) is 24.9. The zero-order chi connectivity index (χ0) is 31.1. The summed E-state index contributed by atoms with van der Waals surface area (Å²) in [6, 6.07) is 6.49. The molecule has 2 rings (SSSR count). The van der Waals surface area contributed by atoms with Crippen LogP contribution in [0.2, 0.25) is 0 Å². The first kappa shape index (κ1) is 34.5. The average Bonchev–Trinajstić information content (AvgIpc) is 2.82. The van der Waals surface area contributed by atoms with Crippen LogP contribution < -0.4 is 11.1 Å². The number of amides is 1. The Morgan fingerprint density at radius 1 is 0.927 bits per heavy atom. The van der Waals surface area contributed by atoms with Crippen LogP contribution in [0.1, 0.15) is 12.8 Å². The Kier molecular flexibility index (Phi) is 11.7. The Labute approximate surface area is 241 Å². The van der Waals surface area contributed by atoms with E-state index in [1.807, 2.05) is 0 Å². The molecule has 0 atom stereocenters. The van der Waals surface area contributed by atoms with Crippen molar-refractivity contribution in [3.63, 3.8) is 0 Å². The number of benzene rings is 2. The minimum atomic E-state index is -4.82. The van der Waals surface area contributed by atoms with Gasteiger partial charge < -0.3 is 11.1 Å². The van der Waals surface area contributed by atoms with E-state index in [0.717, 1.165) is 24.3 Å². The van der Waals surface area contributed by atoms with Crippen molar-refractivity contribution < 1.29 is 51.8 Å². The van der Waals surface area contributed by atoms with Gasteiger partial charge in [0.15, 0.2) is 19.7 Å². The molecule has 5 N–H and O–H groups in total. The Morgan fingerprint density at radius 2 is 1.56 bits per heavy atom. The molecule has 0 aliphatic carbocycles. The van der Waals surface area contributed by atoms with Crippen LogP contribution in [0.5, 0.6) is 0 Å². The van der Waals surface area contributed by atoms with Gasteiger partial charge in [0.2, 0.25) is 5.91 Å². The van der Waals surface area contributed by atoms with E-state index in [-0.39, 0.29) is 52.2 Å². The number of rotatable bonds is 15. The molecule has 0 radical (unpaired) electrons. The molecule has 0 saturated carbocycles. The quantitative estimate of drug-likeness (QED) is 0.0909. The molecule has 0 bridgehead atoms. The highest BCUT2D eigenvalue weighted by molar-refractivity contribution is 7.91. The summed E-state index contributed by atoms with van der Waals surface area (Å²) in [4.78, 5) is 11.4. The van der Waals surface area contributed by atoms with E-state index in [1.54, 1.807) is 0 Å². The molecule has 41 heavy (non-hydrogen) atoms. The molecule has 2 aromatic rings. The summed E-state index contributed by atoms with van der Waals surface area (Å²) in [5.74, 6) is -2.05. The SMILES string of the molecule is Nc1cc(NC(=O)CCCS(=O)(=O)CCCl)c(N=Nc2ccc(S(=O)(=O)CCOS(=O)(=O)O)cc2)cc1S(=O)(=O)O. The van der Waals surface area contributed by atoms with Crippen LogP contribution in [0.25, 0.3) is 0 Å².